The van der Waals surface area contributed by atoms with Crippen LogP contribution in [0.15, 0.2) is 145 Å². The van der Waals surface area contributed by atoms with Crippen LogP contribution in [-0.2, 0) is 21.6 Å². The first-order valence-electron chi connectivity index (χ1n) is 14.6. The molecule has 0 spiro atoms. The predicted octanol–water partition coefficient (Wildman–Crippen LogP) is 7.11. The van der Waals surface area contributed by atoms with E-state index < -0.39 is 10.8 Å². The minimum Gasteiger partial charge on any atom is -0.490 e. The molecule has 4 aromatic carbocycles. The second-order valence-electron chi connectivity index (χ2n) is 10.4. The van der Waals surface area contributed by atoms with Gasteiger partial charge in [-0.15, -0.1) is 0 Å². The van der Waals surface area contributed by atoms with Gasteiger partial charge in [0.15, 0.2) is 6.61 Å². The summed E-state index contributed by atoms with van der Waals surface area (Å²) < 4.78 is 5.79. The van der Waals surface area contributed by atoms with E-state index in [4.69, 9.17) is 9.57 Å². The van der Waals surface area contributed by atoms with Gasteiger partial charge in [0.25, 0.3) is 5.24 Å². The normalized spacial score (nSPS) is 15.0. The summed E-state index contributed by atoms with van der Waals surface area (Å²) in [5.41, 5.74) is 3.25. The van der Waals surface area contributed by atoms with Crippen LogP contribution in [0.2, 0.25) is 0 Å². The lowest BCUT2D eigenvalue weighted by atomic mass is 9.75. The molecule has 0 radical (unpaired) electrons. The zero-order valence-electron chi connectivity index (χ0n) is 24.4. The molecule has 0 bridgehead atoms. The number of imide groups is 1. The number of aromatic nitrogens is 1. The van der Waals surface area contributed by atoms with Crippen LogP contribution in [-0.4, -0.2) is 45.7 Å². The van der Waals surface area contributed by atoms with Crippen LogP contribution in [0.1, 0.15) is 27.8 Å². The molecule has 7 nitrogen and oxygen atoms in total. The molecular formula is C37H31N3O4S. The van der Waals surface area contributed by atoms with E-state index >= 15 is 0 Å². The summed E-state index contributed by atoms with van der Waals surface area (Å²) in [5.74, 6) is 0.464. The lowest BCUT2D eigenvalue weighted by molar-refractivity contribution is -0.129. The Kier molecular flexibility index (Phi) is 9.32. The van der Waals surface area contributed by atoms with E-state index in [0.29, 0.717) is 25.4 Å². The van der Waals surface area contributed by atoms with Crippen LogP contribution in [0.4, 0.5) is 4.79 Å². The monoisotopic (exact) mass is 613 g/mol. The lowest BCUT2D eigenvalue weighted by Gasteiger charge is -2.42. The van der Waals surface area contributed by atoms with Crippen molar-refractivity contribution in [1.29, 1.82) is 0 Å². The van der Waals surface area contributed by atoms with Gasteiger partial charge in [-0.2, -0.15) is 0 Å². The fourth-order valence-electron chi connectivity index (χ4n) is 5.55. The minimum atomic E-state index is -1.12. The maximum Gasteiger partial charge on any atom is 0.290 e. The van der Waals surface area contributed by atoms with Gasteiger partial charge in [-0.3, -0.25) is 19.5 Å². The van der Waals surface area contributed by atoms with Gasteiger partial charge < -0.3 is 9.57 Å². The minimum absolute atomic E-state index is 0.216. The number of hydrogen-bond donors (Lipinski definition) is 0. The topological polar surface area (TPSA) is 81.1 Å². The molecule has 1 aromatic heterocycles. The average Bonchev–Trinajstić information content (AvgIpc) is 3.38. The molecule has 1 atom stereocenters. The first-order chi connectivity index (χ1) is 22.2. The zero-order valence-corrected chi connectivity index (χ0v) is 25.3. The number of nitrogens with zero attached hydrogens (tertiary/aromatic N) is 3. The lowest BCUT2D eigenvalue weighted by Crippen LogP contribution is -2.51. The third kappa shape index (κ3) is 6.51. The molecule has 2 heterocycles. The van der Waals surface area contributed by atoms with Crippen molar-refractivity contribution in [3.63, 3.8) is 0 Å². The SMILES string of the molecule is O=C1SC(Cc2ccc(OCCO/N=C/c3ccncc3)cc2)C(=O)N1C(c1ccccc1)(c1ccccc1)c1ccccc1. The van der Waals surface area contributed by atoms with Crippen molar-refractivity contribution in [3.8, 4) is 5.75 Å². The van der Waals surface area contributed by atoms with Gasteiger partial charge in [0.05, 0.1) is 11.5 Å². The average molecular weight is 614 g/mol. The van der Waals surface area contributed by atoms with Crippen LogP contribution in [0.5, 0.6) is 5.75 Å². The summed E-state index contributed by atoms with van der Waals surface area (Å²) in [6.07, 6.45) is 5.41. The van der Waals surface area contributed by atoms with Gasteiger partial charge in [-0.25, -0.2) is 0 Å². The Balaban J connectivity index is 1.18. The molecule has 1 saturated heterocycles. The van der Waals surface area contributed by atoms with E-state index in [9.17, 15) is 9.59 Å². The molecule has 1 unspecified atom stereocenters. The molecule has 45 heavy (non-hydrogen) atoms. The molecule has 1 aliphatic rings. The highest BCUT2D eigenvalue weighted by atomic mass is 32.2. The fourth-order valence-corrected chi connectivity index (χ4v) is 6.61. The summed E-state index contributed by atoms with van der Waals surface area (Å²) in [7, 11) is 0. The maximum atomic E-state index is 14.3. The molecule has 0 aliphatic carbocycles. The molecular weight excluding hydrogens is 582 g/mol. The van der Waals surface area contributed by atoms with Gasteiger partial charge in [-0.1, -0.05) is 120 Å². The molecule has 6 rings (SSSR count). The van der Waals surface area contributed by atoms with Crippen molar-refractivity contribution in [2.45, 2.75) is 17.2 Å². The summed E-state index contributed by atoms with van der Waals surface area (Å²) >= 11 is 1.08. The second kappa shape index (κ2) is 14.1. The number of thioether (sulfide) groups is 1. The van der Waals surface area contributed by atoms with Gasteiger partial charge in [0.2, 0.25) is 5.91 Å². The Labute approximate surface area is 266 Å². The molecule has 1 aliphatic heterocycles. The second-order valence-corrected chi connectivity index (χ2v) is 11.6. The van der Waals surface area contributed by atoms with Gasteiger partial charge >= 0.3 is 0 Å². The first-order valence-corrected chi connectivity index (χ1v) is 15.5. The summed E-state index contributed by atoms with van der Waals surface area (Å²) in [6.45, 7) is 0.620. The molecule has 224 valence electrons. The third-order valence-corrected chi connectivity index (χ3v) is 8.64. The smallest absolute Gasteiger partial charge is 0.290 e. The highest BCUT2D eigenvalue weighted by Crippen LogP contribution is 2.47. The molecule has 5 aromatic rings. The Hall–Kier alpha value is -5.21. The summed E-state index contributed by atoms with van der Waals surface area (Å²) in [5, 5.41) is 3.11. The number of carbonyl (C=O) groups excluding carboxylic acids is 2. The number of pyridine rings is 1. The molecule has 1 fully saturated rings. The summed E-state index contributed by atoms with van der Waals surface area (Å²) in [6, 6.07) is 40.6. The molecule has 8 heteroatoms. The van der Waals surface area contributed by atoms with Gasteiger partial charge in [-0.05, 0) is 58.5 Å². The van der Waals surface area contributed by atoms with Gasteiger partial charge in [0.1, 0.15) is 17.9 Å². The number of rotatable bonds is 12. The van der Waals surface area contributed by atoms with Gasteiger partial charge in [0, 0.05) is 12.4 Å². The van der Waals surface area contributed by atoms with E-state index in [-0.39, 0.29) is 11.1 Å². The zero-order chi connectivity index (χ0) is 30.9. The number of oxime groups is 1. The van der Waals surface area contributed by atoms with E-state index in [0.717, 1.165) is 39.6 Å². The Morgan fingerprint density at radius 3 is 1.84 bits per heavy atom. The quantitative estimate of drug-likeness (QED) is 0.0646. The number of carbonyl (C=O) groups is 2. The fraction of sp³-hybridized carbons (Fsp3) is 0.135. The van der Waals surface area contributed by atoms with Crippen molar-refractivity contribution in [1.82, 2.24) is 9.88 Å². The Morgan fingerprint density at radius 2 is 1.29 bits per heavy atom. The van der Waals surface area contributed by atoms with Crippen LogP contribution >= 0.6 is 11.8 Å². The first kappa shape index (κ1) is 29.8. The largest absolute Gasteiger partial charge is 0.490 e. The van der Waals surface area contributed by atoms with E-state index in [1.165, 1.54) is 4.90 Å². The Morgan fingerprint density at radius 1 is 0.733 bits per heavy atom. The highest BCUT2D eigenvalue weighted by Gasteiger charge is 2.53. The van der Waals surface area contributed by atoms with Crippen LogP contribution in [0.3, 0.4) is 0 Å². The maximum absolute atomic E-state index is 14.3. The van der Waals surface area contributed by atoms with E-state index in [1.54, 1.807) is 18.6 Å². The predicted molar refractivity (Wildman–Crippen MR) is 176 cm³/mol. The van der Waals surface area contributed by atoms with Crippen molar-refractivity contribution in [2.75, 3.05) is 13.2 Å². The van der Waals surface area contributed by atoms with Crippen molar-refractivity contribution < 1.29 is 19.2 Å². The van der Waals surface area contributed by atoms with Crippen molar-refractivity contribution in [2.24, 2.45) is 5.16 Å². The standard InChI is InChI=1S/C37H31N3O4S/c41-35-34(26-28-16-18-33(19-17-28)43-24-25-44-39-27-29-20-22-38-23-21-29)45-36(42)40(35)37(30-10-4-1-5-11-30,31-12-6-2-7-13-31)32-14-8-3-9-15-32/h1-23,27,34H,24-26H2/b39-27+. The molecule has 2 amide bonds. The number of hydrogen-bond acceptors (Lipinski definition) is 7. The highest BCUT2D eigenvalue weighted by molar-refractivity contribution is 8.15. The number of ether oxygens (including phenoxy) is 1. The van der Waals surface area contributed by atoms with E-state index in [2.05, 4.69) is 10.1 Å². The molecule has 0 saturated carbocycles. The number of benzene rings is 4. The number of amides is 2. The van der Waals surface area contributed by atoms with E-state index in [1.807, 2.05) is 127 Å². The van der Waals surface area contributed by atoms with Crippen molar-refractivity contribution >= 4 is 29.1 Å². The summed E-state index contributed by atoms with van der Waals surface area (Å²) in [4.78, 5) is 38.9. The Bertz CT molecular complexity index is 1640. The molecule has 0 N–H and O–H groups in total. The third-order valence-electron chi connectivity index (χ3n) is 7.60. The van der Waals surface area contributed by atoms with Crippen molar-refractivity contribution in [3.05, 3.63) is 168 Å². The van der Waals surface area contributed by atoms with Crippen LogP contribution in [0.25, 0.3) is 0 Å². The van der Waals surface area contributed by atoms with Crippen LogP contribution < -0.4 is 4.74 Å². The van der Waals surface area contributed by atoms with Crippen LogP contribution in [0, 0.1) is 0 Å².